The van der Waals surface area contributed by atoms with Gasteiger partial charge in [-0.05, 0) is 48.5 Å². The molecule has 0 bridgehead atoms. The molecule has 0 spiro atoms. The van der Waals surface area contributed by atoms with Crippen LogP contribution in [0.2, 0.25) is 5.02 Å². The first-order valence-corrected chi connectivity index (χ1v) is 8.65. The molecule has 3 aromatic carbocycles. The zero-order chi connectivity index (χ0) is 19.9. The molecule has 0 heterocycles. The number of carbonyl (C=O) groups excluding carboxylic acids is 2. The predicted octanol–water partition coefficient (Wildman–Crippen LogP) is 4.50. The summed E-state index contributed by atoms with van der Waals surface area (Å²) < 4.78 is 13.0. The van der Waals surface area contributed by atoms with Gasteiger partial charge in [-0.25, -0.2) is 9.82 Å². The molecular weight excluding hydrogens is 381 g/mol. The van der Waals surface area contributed by atoms with Crippen molar-refractivity contribution in [3.05, 3.63) is 100 Å². The number of halogens is 2. The van der Waals surface area contributed by atoms with Gasteiger partial charge in [0.2, 0.25) is 0 Å². The molecule has 0 radical (unpaired) electrons. The lowest BCUT2D eigenvalue weighted by Crippen LogP contribution is -2.18. The summed E-state index contributed by atoms with van der Waals surface area (Å²) in [7, 11) is 0. The van der Waals surface area contributed by atoms with Crippen molar-refractivity contribution in [3.8, 4) is 0 Å². The number of nitrogens with zero attached hydrogens (tertiary/aromatic N) is 1. The van der Waals surface area contributed by atoms with E-state index < -0.39 is 17.6 Å². The van der Waals surface area contributed by atoms with Crippen molar-refractivity contribution in [1.82, 2.24) is 5.43 Å². The van der Waals surface area contributed by atoms with Crippen molar-refractivity contribution < 1.29 is 14.0 Å². The number of amides is 2. The van der Waals surface area contributed by atoms with Gasteiger partial charge < -0.3 is 5.32 Å². The summed E-state index contributed by atoms with van der Waals surface area (Å²) in [5, 5.41) is 7.08. The lowest BCUT2D eigenvalue weighted by molar-refractivity contribution is 0.0953. The maximum atomic E-state index is 13.0. The van der Waals surface area contributed by atoms with E-state index in [0.717, 1.165) is 0 Å². The molecule has 0 saturated carbocycles. The number of hydrazone groups is 1. The van der Waals surface area contributed by atoms with Gasteiger partial charge in [-0.2, -0.15) is 5.10 Å². The first-order valence-electron chi connectivity index (χ1n) is 8.28. The molecule has 0 saturated heterocycles. The molecular formula is C21H15ClFN3O2. The molecule has 5 nitrogen and oxygen atoms in total. The molecule has 0 aliphatic carbocycles. The Hall–Kier alpha value is -3.51. The van der Waals surface area contributed by atoms with Crippen LogP contribution in [0.5, 0.6) is 0 Å². The molecule has 0 aliphatic rings. The quantitative estimate of drug-likeness (QED) is 0.493. The van der Waals surface area contributed by atoms with Gasteiger partial charge in [0.1, 0.15) is 5.82 Å². The molecule has 3 aromatic rings. The molecule has 0 aromatic heterocycles. The Morgan fingerprint density at radius 3 is 2.39 bits per heavy atom. The minimum Gasteiger partial charge on any atom is -0.322 e. The predicted molar refractivity (Wildman–Crippen MR) is 107 cm³/mol. The normalized spacial score (nSPS) is 10.6. The van der Waals surface area contributed by atoms with Crippen LogP contribution in [0.15, 0.2) is 77.9 Å². The summed E-state index contributed by atoms with van der Waals surface area (Å²) >= 11 is 6.02. The standard InChI is InChI=1S/C21H15ClFN3O2/c22-19-7-2-1-4-16(19)13-24-26-21(28)15-5-3-6-18(12-15)25-20(27)14-8-10-17(23)11-9-14/h1-13H,(H,25,27)(H,26,28). The number of hydrogen-bond donors (Lipinski definition) is 2. The topological polar surface area (TPSA) is 70.6 Å². The van der Waals surface area contributed by atoms with E-state index >= 15 is 0 Å². The minimum absolute atomic E-state index is 0.306. The van der Waals surface area contributed by atoms with Crippen molar-refractivity contribution in [2.75, 3.05) is 5.32 Å². The molecule has 7 heteroatoms. The van der Waals surface area contributed by atoms with Gasteiger partial charge in [-0.15, -0.1) is 0 Å². The van der Waals surface area contributed by atoms with Crippen molar-refractivity contribution in [2.24, 2.45) is 5.10 Å². The van der Waals surface area contributed by atoms with Crippen LogP contribution >= 0.6 is 11.6 Å². The van der Waals surface area contributed by atoms with Gasteiger partial charge in [0, 0.05) is 27.4 Å². The van der Waals surface area contributed by atoms with E-state index in [1.807, 2.05) is 6.07 Å². The van der Waals surface area contributed by atoms with Crippen LogP contribution in [0, 0.1) is 5.82 Å². The zero-order valence-electron chi connectivity index (χ0n) is 14.5. The van der Waals surface area contributed by atoms with Crippen LogP contribution in [-0.4, -0.2) is 18.0 Å². The fraction of sp³-hybridized carbons (Fsp3) is 0. The van der Waals surface area contributed by atoms with Crippen LogP contribution in [-0.2, 0) is 0 Å². The Morgan fingerprint density at radius 1 is 0.893 bits per heavy atom. The smallest absolute Gasteiger partial charge is 0.271 e. The van der Waals surface area contributed by atoms with E-state index in [4.69, 9.17) is 11.6 Å². The third kappa shape index (κ3) is 5.02. The van der Waals surface area contributed by atoms with Crippen LogP contribution in [0.4, 0.5) is 10.1 Å². The fourth-order valence-electron chi connectivity index (χ4n) is 2.35. The average molecular weight is 396 g/mol. The summed E-state index contributed by atoms with van der Waals surface area (Å²) in [6.45, 7) is 0. The Balaban J connectivity index is 1.65. The summed E-state index contributed by atoms with van der Waals surface area (Å²) in [5.41, 5.74) is 4.13. The first kappa shape index (κ1) is 19.3. The largest absolute Gasteiger partial charge is 0.322 e. The van der Waals surface area contributed by atoms with Crippen LogP contribution < -0.4 is 10.7 Å². The molecule has 0 fully saturated rings. The molecule has 0 aliphatic heterocycles. The van der Waals surface area contributed by atoms with Crippen molar-refractivity contribution in [2.45, 2.75) is 0 Å². The van der Waals surface area contributed by atoms with E-state index in [0.29, 0.717) is 27.4 Å². The van der Waals surface area contributed by atoms with Crippen LogP contribution in [0.1, 0.15) is 26.3 Å². The Kier molecular flexibility index (Phi) is 6.14. The van der Waals surface area contributed by atoms with Crippen molar-refractivity contribution in [1.29, 1.82) is 0 Å². The highest BCUT2D eigenvalue weighted by molar-refractivity contribution is 6.33. The lowest BCUT2D eigenvalue weighted by atomic mass is 10.1. The van der Waals surface area contributed by atoms with Crippen molar-refractivity contribution >= 4 is 35.3 Å². The maximum absolute atomic E-state index is 13.0. The Morgan fingerprint density at radius 2 is 1.64 bits per heavy atom. The zero-order valence-corrected chi connectivity index (χ0v) is 15.3. The van der Waals surface area contributed by atoms with E-state index in [-0.39, 0.29) is 0 Å². The molecule has 0 atom stereocenters. The molecule has 28 heavy (non-hydrogen) atoms. The summed E-state index contributed by atoms with van der Waals surface area (Å²) in [6.07, 6.45) is 1.44. The molecule has 2 amide bonds. The minimum atomic E-state index is -0.443. The highest BCUT2D eigenvalue weighted by Gasteiger charge is 2.09. The van der Waals surface area contributed by atoms with E-state index in [1.54, 1.807) is 36.4 Å². The second-order valence-electron chi connectivity index (χ2n) is 5.76. The second-order valence-corrected chi connectivity index (χ2v) is 6.17. The van der Waals surface area contributed by atoms with Crippen LogP contribution in [0.3, 0.4) is 0 Å². The number of benzene rings is 3. The van der Waals surface area contributed by atoms with Gasteiger partial charge in [0.15, 0.2) is 0 Å². The Bertz CT molecular complexity index is 1040. The highest BCUT2D eigenvalue weighted by atomic mass is 35.5. The molecule has 3 rings (SSSR count). The van der Waals surface area contributed by atoms with Gasteiger partial charge in [0.25, 0.3) is 11.8 Å². The first-order chi connectivity index (χ1) is 13.5. The van der Waals surface area contributed by atoms with Gasteiger partial charge >= 0.3 is 0 Å². The number of carbonyl (C=O) groups is 2. The maximum Gasteiger partial charge on any atom is 0.271 e. The average Bonchev–Trinajstić information content (AvgIpc) is 2.70. The number of nitrogens with one attached hydrogen (secondary N) is 2. The Labute approximate surface area is 165 Å². The highest BCUT2D eigenvalue weighted by Crippen LogP contribution is 2.14. The van der Waals surface area contributed by atoms with E-state index in [1.165, 1.54) is 36.5 Å². The van der Waals surface area contributed by atoms with Crippen molar-refractivity contribution in [3.63, 3.8) is 0 Å². The lowest BCUT2D eigenvalue weighted by Gasteiger charge is -2.07. The monoisotopic (exact) mass is 395 g/mol. The fourth-order valence-corrected chi connectivity index (χ4v) is 2.53. The third-order valence-corrected chi connectivity index (χ3v) is 4.11. The summed E-state index contributed by atoms with van der Waals surface area (Å²) in [6, 6.07) is 18.6. The molecule has 140 valence electrons. The SMILES string of the molecule is O=C(NN=Cc1ccccc1Cl)c1cccc(NC(=O)c2ccc(F)cc2)c1. The number of hydrogen-bond acceptors (Lipinski definition) is 3. The number of rotatable bonds is 5. The van der Waals surface area contributed by atoms with Gasteiger partial charge in [-0.1, -0.05) is 35.9 Å². The second kappa shape index (κ2) is 8.92. The summed E-state index contributed by atoms with van der Waals surface area (Å²) in [5.74, 6) is -1.27. The number of anilines is 1. The van der Waals surface area contributed by atoms with Crippen LogP contribution in [0.25, 0.3) is 0 Å². The van der Waals surface area contributed by atoms with E-state index in [9.17, 15) is 14.0 Å². The van der Waals surface area contributed by atoms with Gasteiger partial charge in [-0.3, -0.25) is 9.59 Å². The third-order valence-electron chi connectivity index (χ3n) is 3.76. The molecule has 0 unspecified atom stereocenters. The molecule has 2 N–H and O–H groups in total. The van der Waals surface area contributed by atoms with E-state index in [2.05, 4.69) is 15.8 Å². The van der Waals surface area contributed by atoms with Gasteiger partial charge in [0.05, 0.1) is 6.21 Å². The summed E-state index contributed by atoms with van der Waals surface area (Å²) in [4.78, 5) is 24.5.